The van der Waals surface area contributed by atoms with Gasteiger partial charge in [-0.05, 0) is 6.42 Å². The molecule has 0 atom stereocenters. The van der Waals surface area contributed by atoms with Crippen LogP contribution in [0.3, 0.4) is 0 Å². The normalized spacial score (nSPS) is 14.2. The van der Waals surface area contributed by atoms with E-state index in [1.807, 2.05) is 0 Å². The Morgan fingerprint density at radius 1 is 1.25 bits per heavy atom. The summed E-state index contributed by atoms with van der Waals surface area (Å²) in [5.74, 6) is 0. The fraction of sp³-hybridized carbons (Fsp3) is 0.750. The topological polar surface area (TPSA) is 6.48 Å². The maximum atomic E-state index is 2.34. The van der Waals surface area contributed by atoms with Crippen LogP contribution in [0.4, 0.5) is 0 Å². The summed E-state index contributed by atoms with van der Waals surface area (Å²) in [7, 11) is 2.10. The predicted octanol–water partition coefficient (Wildman–Crippen LogP) is 2.31. The van der Waals surface area contributed by atoms with Gasteiger partial charge in [-0.25, -0.2) is 0 Å². The van der Waals surface area contributed by atoms with Crippen molar-refractivity contribution in [2.75, 3.05) is 20.3 Å². The van der Waals surface area contributed by atoms with Gasteiger partial charge in [0, 0.05) is 26.0 Å². The van der Waals surface area contributed by atoms with E-state index in [4.69, 9.17) is 0 Å². The Hall–Kier alpha value is -0.0800. The Bertz CT molecular complexity index is 128. The van der Waals surface area contributed by atoms with Gasteiger partial charge in [0.05, 0.1) is 6.67 Å². The number of nitrogens with zero attached hydrogens (tertiary/aromatic N) is 2. The predicted molar refractivity (Wildman–Crippen MR) is 57.9 cm³/mol. The summed E-state index contributed by atoms with van der Waals surface area (Å²) in [5, 5.41) is 0. The quantitative estimate of drug-likeness (QED) is 0.709. The fourth-order valence-corrected chi connectivity index (χ4v) is 1.10. The highest BCUT2D eigenvalue weighted by Crippen LogP contribution is 2.04. The third-order valence-electron chi connectivity index (χ3n) is 1.74. The zero-order valence-electron chi connectivity index (χ0n) is 7.69. The highest BCUT2D eigenvalue weighted by Gasteiger charge is 2.05. The van der Waals surface area contributed by atoms with Crippen molar-refractivity contribution in [3.8, 4) is 0 Å². The van der Waals surface area contributed by atoms with Crippen LogP contribution in [0.5, 0.6) is 0 Å². The Morgan fingerprint density at radius 3 is 2.33 bits per heavy atom. The van der Waals surface area contributed by atoms with Crippen LogP contribution in [0.15, 0.2) is 12.4 Å². The smallest absolute Gasteiger partial charge is 0.0890 e. The van der Waals surface area contributed by atoms with Gasteiger partial charge in [0.15, 0.2) is 0 Å². The molecule has 0 aromatic heterocycles. The van der Waals surface area contributed by atoms with Gasteiger partial charge in [-0.15, -0.1) is 24.8 Å². The molecule has 74 valence electrons. The lowest BCUT2D eigenvalue weighted by Crippen LogP contribution is -2.23. The van der Waals surface area contributed by atoms with Crippen molar-refractivity contribution in [2.45, 2.75) is 19.8 Å². The molecule has 1 aliphatic heterocycles. The minimum absolute atomic E-state index is 0. The van der Waals surface area contributed by atoms with Crippen molar-refractivity contribution in [1.82, 2.24) is 9.80 Å². The van der Waals surface area contributed by atoms with Crippen molar-refractivity contribution in [1.29, 1.82) is 0 Å². The first kappa shape index (κ1) is 14.4. The van der Waals surface area contributed by atoms with Crippen LogP contribution in [0.2, 0.25) is 0 Å². The van der Waals surface area contributed by atoms with E-state index in [0.29, 0.717) is 0 Å². The van der Waals surface area contributed by atoms with Crippen LogP contribution in [-0.2, 0) is 0 Å². The largest absolute Gasteiger partial charge is 0.362 e. The first-order valence-corrected chi connectivity index (χ1v) is 3.95. The lowest BCUT2D eigenvalue weighted by atomic mass is 10.3. The maximum Gasteiger partial charge on any atom is 0.0890 e. The summed E-state index contributed by atoms with van der Waals surface area (Å²) in [4.78, 5) is 4.53. The minimum Gasteiger partial charge on any atom is -0.362 e. The van der Waals surface area contributed by atoms with Crippen LogP contribution in [-0.4, -0.2) is 30.1 Å². The number of hydrogen-bond donors (Lipinski definition) is 0. The van der Waals surface area contributed by atoms with Crippen molar-refractivity contribution < 1.29 is 0 Å². The molecule has 1 rings (SSSR count). The third-order valence-corrected chi connectivity index (χ3v) is 1.74. The van der Waals surface area contributed by atoms with E-state index >= 15 is 0 Å². The fourth-order valence-electron chi connectivity index (χ4n) is 1.10. The Balaban J connectivity index is 0. The SMILES string of the molecule is CCCCN1C=CN(C)C1.Cl.Cl. The molecule has 4 heteroatoms. The van der Waals surface area contributed by atoms with E-state index in [0.717, 1.165) is 6.67 Å². The molecule has 12 heavy (non-hydrogen) atoms. The molecule has 0 saturated heterocycles. The Labute approximate surface area is 87.4 Å². The second-order valence-corrected chi connectivity index (χ2v) is 2.86. The molecule has 1 heterocycles. The number of rotatable bonds is 3. The lowest BCUT2D eigenvalue weighted by Gasteiger charge is -2.17. The van der Waals surface area contributed by atoms with E-state index in [9.17, 15) is 0 Å². The number of unbranched alkanes of at least 4 members (excludes halogenated alkanes) is 1. The molecule has 0 aromatic rings. The zero-order chi connectivity index (χ0) is 7.40. The monoisotopic (exact) mass is 212 g/mol. The molecule has 0 unspecified atom stereocenters. The van der Waals surface area contributed by atoms with E-state index in [-0.39, 0.29) is 24.8 Å². The van der Waals surface area contributed by atoms with Gasteiger partial charge in [-0.3, -0.25) is 0 Å². The van der Waals surface area contributed by atoms with Crippen LogP contribution in [0.1, 0.15) is 19.8 Å². The third kappa shape index (κ3) is 4.73. The zero-order valence-corrected chi connectivity index (χ0v) is 9.33. The number of hydrogen-bond acceptors (Lipinski definition) is 2. The van der Waals surface area contributed by atoms with Gasteiger partial charge in [0.1, 0.15) is 0 Å². The average molecular weight is 213 g/mol. The van der Waals surface area contributed by atoms with Gasteiger partial charge in [0.2, 0.25) is 0 Å². The van der Waals surface area contributed by atoms with Crippen molar-refractivity contribution in [3.05, 3.63) is 12.4 Å². The molecule has 0 saturated carbocycles. The summed E-state index contributed by atoms with van der Waals surface area (Å²) in [5.41, 5.74) is 0. The molecule has 2 nitrogen and oxygen atoms in total. The summed E-state index contributed by atoms with van der Waals surface area (Å²) in [6.07, 6.45) is 6.87. The van der Waals surface area contributed by atoms with Crippen LogP contribution < -0.4 is 0 Å². The summed E-state index contributed by atoms with van der Waals surface area (Å²) >= 11 is 0. The highest BCUT2D eigenvalue weighted by atomic mass is 35.5. The van der Waals surface area contributed by atoms with Gasteiger partial charge >= 0.3 is 0 Å². The maximum absolute atomic E-state index is 2.34. The molecular weight excluding hydrogens is 195 g/mol. The molecule has 0 aliphatic carbocycles. The first-order chi connectivity index (χ1) is 4.83. The second kappa shape index (κ2) is 7.56. The highest BCUT2D eigenvalue weighted by molar-refractivity contribution is 5.85. The Morgan fingerprint density at radius 2 is 1.92 bits per heavy atom. The van der Waals surface area contributed by atoms with Crippen molar-refractivity contribution in [2.24, 2.45) is 0 Å². The first-order valence-electron chi connectivity index (χ1n) is 3.95. The second-order valence-electron chi connectivity index (χ2n) is 2.86. The summed E-state index contributed by atoms with van der Waals surface area (Å²) < 4.78 is 0. The van der Waals surface area contributed by atoms with E-state index in [1.54, 1.807) is 0 Å². The van der Waals surface area contributed by atoms with E-state index in [2.05, 4.69) is 36.2 Å². The molecule has 0 fully saturated rings. The van der Waals surface area contributed by atoms with Crippen LogP contribution >= 0.6 is 24.8 Å². The summed E-state index contributed by atoms with van der Waals surface area (Å²) in [6.45, 7) is 4.50. The minimum atomic E-state index is 0. The average Bonchev–Trinajstić information content (AvgIpc) is 2.31. The molecule has 0 N–H and O–H groups in total. The molecular formula is C8H18Cl2N2. The van der Waals surface area contributed by atoms with Gasteiger partial charge in [-0.2, -0.15) is 0 Å². The lowest BCUT2D eigenvalue weighted by molar-refractivity contribution is 0.293. The van der Waals surface area contributed by atoms with Gasteiger partial charge in [0.25, 0.3) is 0 Å². The molecule has 0 aromatic carbocycles. The molecule has 0 spiro atoms. The van der Waals surface area contributed by atoms with Gasteiger partial charge in [-0.1, -0.05) is 13.3 Å². The standard InChI is InChI=1S/C8H16N2.2ClH/c1-3-4-5-10-7-6-9(2)8-10;;/h6-7H,3-5,8H2,1-2H3;2*1H. The molecule has 0 bridgehead atoms. The number of halogens is 2. The van der Waals surface area contributed by atoms with Gasteiger partial charge < -0.3 is 9.80 Å². The van der Waals surface area contributed by atoms with Crippen LogP contribution in [0, 0.1) is 0 Å². The molecule has 0 radical (unpaired) electrons. The van der Waals surface area contributed by atoms with Crippen LogP contribution in [0.25, 0.3) is 0 Å². The molecule has 0 amide bonds. The van der Waals surface area contributed by atoms with Crippen molar-refractivity contribution >= 4 is 24.8 Å². The Kier molecular flexibility index (Phi) is 9.10. The molecule has 1 aliphatic rings. The van der Waals surface area contributed by atoms with E-state index in [1.165, 1.54) is 19.4 Å². The van der Waals surface area contributed by atoms with Crippen molar-refractivity contribution in [3.63, 3.8) is 0 Å². The summed E-state index contributed by atoms with van der Waals surface area (Å²) in [6, 6.07) is 0. The van der Waals surface area contributed by atoms with E-state index < -0.39 is 0 Å².